The highest BCUT2D eigenvalue weighted by molar-refractivity contribution is 4.77. The van der Waals surface area contributed by atoms with Crippen molar-refractivity contribution in [3.63, 3.8) is 0 Å². The molecule has 0 atom stereocenters. The molecule has 0 saturated carbocycles. The van der Waals surface area contributed by atoms with Crippen LogP contribution in [0.1, 0.15) is 20.3 Å². The third-order valence-corrected chi connectivity index (χ3v) is 3.16. The maximum atomic E-state index is 9.78. The molecule has 0 aromatic rings. The minimum Gasteiger partial charge on any atom is -0.389 e. The Hall–Kier alpha value is -0.160. The highest BCUT2D eigenvalue weighted by Gasteiger charge is 2.22. The van der Waals surface area contributed by atoms with Crippen molar-refractivity contribution in [1.29, 1.82) is 0 Å². The first-order chi connectivity index (χ1) is 7.87. The third-order valence-electron chi connectivity index (χ3n) is 3.16. The Morgan fingerprint density at radius 2 is 1.59 bits per heavy atom. The van der Waals surface area contributed by atoms with E-state index in [4.69, 9.17) is 0 Å². The average molecular weight is 243 g/mol. The summed E-state index contributed by atoms with van der Waals surface area (Å²) in [7, 11) is 4.25. The Bertz CT molecular complexity index is 205. The smallest absolute Gasteiger partial charge is 0.0718 e. The molecule has 1 N–H and O–H groups in total. The molecular formula is C13H29N3O. The van der Waals surface area contributed by atoms with Crippen LogP contribution in [0.4, 0.5) is 0 Å². The number of aliphatic hydroxyl groups is 1. The van der Waals surface area contributed by atoms with Crippen LogP contribution in [0.3, 0.4) is 0 Å². The summed E-state index contributed by atoms with van der Waals surface area (Å²) < 4.78 is 0. The minimum atomic E-state index is -0.562. The Morgan fingerprint density at radius 3 is 2.06 bits per heavy atom. The predicted molar refractivity (Wildman–Crippen MR) is 72.3 cm³/mol. The number of β-amino-alcohol motifs (C(OH)–C–C–N with tert-alkyl or cyclic N) is 1. The number of rotatable bonds is 6. The average Bonchev–Trinajstić information content (AvgIpc) is 2.18. The Balaban J connectivity index is 2.13. The van der Waals surface area contributed by atoms with E-state index in [0.29, 0.717) is 0 Å². The molecule has 0 aromatic carbocycles. The van der Waals surface area contributed by atoms with E-state index in [1.807, 2.05) is 13.8 Å². The Labute approximate surface area is 106 Å². The van der Waals surface area contributed by atoms with Gasteiger partial charge < -0.3 is 14.9 Å². The maximum absolute atomic E-state index is 9.78. The van der Waals surface area contributed by atoms with Gasteiger partial charge in [-0.2, -0.15) is 0 Å². The predicted octanol–water partition coefficient (Wildman–Crippen LogP) is 0.327. The zero-order valence-electron chi connectivity index (χ0n) is 11.9. The van der Waals surface area contributed by atoms with Crippen LogP contribution < -0.4 is 0 Å². The Morgan fingerprint density at radius 1 is 1.06 bits per heavy atom. The van der Waals surface area contributed by atoms with Gasteiger partial charge in [-0.05, 0) is 47.5 Å². The highest BCUT2D eigenvalue weighted by atomic mass is 16.3. The summed E-state index contributed by atoms with van der Waals surface area (Å²) in [6.45, 7) is 11.4. The van der Waals surface area contributed by atoms with Gasteiger partial charge in [0.15, 0.2) is 0 Å². The fourth-order valence-corrected chi connectivity index (χ4v) is 2.33. The minimum absolute atomic E-state index is 0.562. The van der Waals surface area contributed by atoms with Crippen LogP contribution >= 0.6 is 0 Å². The standard InChI is InChI=1S/C13H29N3O/c1-13(2,17)12-16-10-8-15(9-11-16)7-5-6-14(3)4/h17H,5-12H2,1-4H3. The molecule has 102 valence electrons. The van der Waals surface area contributed by atoms with Crippen LogP contribution in [0.15, 0.2) is 0 Å². The molecule has 4 nitrogen and oxygen atoms in total. The summed E-state index contributed by atoms with van der Waals surface area (Å²) in [5.74, 6) is 0. The monoisotopic (exact) mass is 243 g/mol. The van der Waals surface area contributed by atoms with Gasteiger partial charge in [-0.25, -0.2) is 0 Å². The van der Waals surface area contributed by atoms with Gasteiger partial charge in [-0.3, -0.25) is 4.90 Å². The van der Waals surface area contributed by atoms with Crippen LogP contribution in [0.2, 0.25) is 0 Å². The second-order valence-corrected chi connectivity index (χ2v) is 6.09. The van der Waals surface area contributed by atoms with Crippen LogP contribution in [0.5, 0.6) is 0 Å². The summed E-state index contributed by atoms with van der Waals surface area (Å²) in [6, 6.07) is 0. The van der Waals surface area contributed by atoms with Gasteiger partial charge in [0.2, 0.25) is 0 Å². The summed E-state index contributed by atoms with van der Waals surface area (Å²) >= 11 is 0. The summed E-state index contributed by atoms with van der Waals surface area (Å²) in [6.07, 6.45) is 1.25. The Kier molecular flexibility index (Phi) is 5.86. The van der Waals surface area contributed by atoms with E-state index in [1.165, 1.54) is 19.5 Å². The van der Waals surface area contributed by atoms with E-state index in [-0.39, 0.29) is 0 Å². The van der Waals surface area contributed by atoms with Crippen molar-refractivity contribution >= 4 is 0 Å². The number of piperazine rings is 1. The largest absolute Gasteiger partial charge is 0.389 e. The first-order valence-corrected chi connectivity index (χ1v) is 6.69. The van der Waals surface area contributed by atoms with E-state index < -0.39 is 5.60 Å². The fourth-order valence-electron chi connectivity index (χ4n) is 2.33. The molecule has 17 heavy (non-hydrogen) atoms. The fraction of sp³-hybridized carbons (Fsp3) is 1.00. The summed E-state index contributed by atoms with van der Waals surface area (Å²) in [5.41, 5.74) is -0.562. The van der Waals surface area contributed by atoms with Crippen molar-refractivity contribution in [1.82, 2.24) is 14.7 Å². The molecule has 1 heterocycles. The van der Waals surface area contributed by atoms with Crippen LogP contribution in [0.25, 0.3) is 0 Å². The molecule has 0 unspecified atom stereocenters. The lowest BCUT2D eigenvalue weighted by molar-refractivity contribution is 0.0175. The zero-order valence-corrected chi connectivity index (χ0v) is 11.9. The molecule has 1 saturated heterocycles. The molecule has 0 spiro atoms. The normalized spacial score (nSPS) is 20.1. The molecule has 1 fully saturated rings. The summed E-state index contributed by atoms with van der Waals surface area (Å²) in [4.78, 5) is 7.14. The first kappa shape index (κ1) is 14.9. The van der Waals surface area contributed by atoms with Gasteiger partial charge in [0.1, 0.15) is 0 Å². The lowest BCUT2D eigenvalue weighted by Gasteiger charge is -2.37. The molecule has 0 aromatic heterocycles. The second kappa shape index (κ2) is 6.69. The molecule has 4 heteroatoms. The molecule has 1 aliphatic rings. The van der Waals surface area contributed by atoms with Gasteiger partial charge >= 0.3 is 0 Å². The lowest BCUT2D eigenvalue weighted by atomic mass is 10.1. The first-order valence-electron chi connectivity index (χ1n) is 6.69. The van der Waals surface area contributed by atoms with Crippen molar-refractivity contribution in [2.24, 2.45) is 0 Å². The van der Waals surface area contributed by atoms with Crippen LogP contribution in [-0.4, -0.2) is 85.3 Å². The van der Waals surface area contributed by atoms with Crippen molar-refractivity contribution in [3.05, 3.63) is 0 Å². The van der Waals surface area contributed by atoms with E-state index >= 15 is 0 Å². The lowest BCUT2D eigenvalue weighted by Crippen LogP contribution is -2.50. The van der Waals surface area contributed by atoms with Crippen molar-refractivity contribution in [2.75, 3.05) is 59.9 Å². The molecule has 0 radical (unpaired) electrons. The number of nitrogens with zero attached hydrogens (tertiary/aromatic N) is 3. The van der Waals surface area contributed by atoms with Gasteiger partial charge in [-0.1, -0.05) is 0 Å². The number of hydrogen-bond acceptors (Lipinski definition) is 4. The highest BCUT2D eigenvalue weighted by Crippen LogP contribution is 2.08. The molecular weight excluding hydrogens is 214 g/mol. The van der Waals surface area contributed by atoms with Gasteiger partial charge in [0.25, 0.3) is 0 Å². The molecule has 0 aliphatic carbocycles. The molecule has 0 bridgehead atoms. The SMILES string of the molecule is CN(C)CCCN1CCN(CC(C)(C)O)CC1. The quantitative estimate of drug-likeness (QED) is 0.728. The second-order valence-electron chi connectivity index (χ2n) is 6.09. The van der Waals surface area contributed by atoms with Crippen molar-refractivity contribution < 1.29 is 5.11 Å². The summed E-state index contributed by atoms with van der Waals surface area (Å²) in [5, 5.41) is 9.78. The molecule has 0 amide bonds. The van der Waals surface area contributed by atoms with Crippen molar-refractivity contribution in [2.45, 2.75) is 25.9 Å². The van der Waals surface area contributed by atoms with E-state index in [2.05, 4.69) is 28.8 Å². The molecule has 1 aliphatic heterocycles. The zero-order chi connectivity index (χ0) is 12.9. The van der Waals surface area contributed by atoms with E-state index in [1.54, 1.807) is 0 Å². The van der Waals surface area contributed by atoms with E-state index in [9.17, 15) is 5.11 Å². The van der Waals surface area contributed by atoms with Crippen molar-refractivity contribution in [3.8, 4) is 0 Å². The maximum Gasteiger partial charge on any atom is 0.0718 e. The van der Waals surface area contributed by atoms with Crippen LogP contribution in [-0.2, 0) is 0 Å². The van der Waals surface area contributed by atoms with Gasteiger partial charge in [-0.15, -0.1) is 0 Å². The third kappa shape index (κ3) is 6.99. The van der Waals surface area contributed by atoms with Gasteiger partial charge in [0.05, 0.1) is 5.60 Å². The topological polar surface area (TPSA) is 30.0 Å². The molecule has 1 rings (SSSR count). The number of hydrogen-bond donors (Lipinski definition) is 1. The van der Waals surface area contributed by atoms with E-state index in [0.717, 1.165) is 32.7 Å². The van der Waals surface area contributed by atoms with Crippen LogP contribution in [0, 0.1) is 0 Å². The van der Waals surface area contributed by atoms with Gasteiger partial charge in [0, 0.05) is 32.7 Å².